The SMILES string of the molecule is COC(=O)[C@@H]1CCC[C@@H]1N[C@H](C(=O)N1CCCCC1)c1ccccc1. The van der Waals surface area contributed by atoms with Crippen LogP contribution in [-0.4, -0.2) is 43.0 Å². The summed E-state index contributed by atoms with van der Waals surface area (Å²) in [5.74, 6) is -0.209. The second-order valence-electron chi connectivity index (χ2n) is 7.06. The highest BCUT2D eigenvalue weighted by Gasteiger charge is 2.37. The number of benzene rings is 1. The van der Waals surface area contributed by atoms with Gasteiger partial charge in [-0.2, -0.15) is 0 Å². The van der Waals surface area contributed by atoms with Crippen LogP contribution in [0.2, 0.25) is 0 Å². The Balaban J connectivity index is 1.79. The average molecular weight is 344 g/mol. The molecule has 1 saturated carbocycles. The van der Waals surface area contributed by atoms with Crippen LogP contribution in [0.3, 0.4) is 0 Å². The van der Waals surface area contributed by atoms with E-state index < -0.39 is 6.04 Å². The van der Waals surface area contributed by atoms with Gasteiger partial charge in [0.1, 0.15) is 6.04 Å². The number of likely N-dealkylation sites (tertiary alicyclic amines) is 1. The zero-order valence-corrected chi connectivity index (χ0v) is 14.9. The van der Waals surface area contributed by atoms with Crippen LogP contribution >= 0.6 is 0 Å². The zero-order valence-electron chi connectivity index (χ0n) is 14.9. The Kier molecular flexibility index (Phi) is 6.08. The number of amides is 1. The van der Waals surface area contributed by atoms with Crippen molar-refractivity contribution in [2.45, 2.75) is 50.6 Å². The van der Waals surface area contributed by atoms with Gasteiger partial charge in [0.05, 0.1) is 13.0 Å². The van der Waals surface area contributed by atoms with Crippen molar-refractivity contribution >= 4 is 11.9 Å². The third-order valence-corrected chi connectivity index (χ3v) is 5.45. The molecule has 136 valence electrons. The van der Waals surface area contributed by atoms with Gasteiger partial charge in [0.25, 0.3) is 0 Å². The molecule has 0 radical (unpaired) electrons. The number of carbonyl (C=O) groups excluding carboxylic acids is 2. The number of hydrogen-bond donors (Lipinski definition) is 1. The van der Waals surface area contributed by atoms with Crippen molar-refractivity contribution in [1.82, 2.24) is 10.2 Å². The Labute approximate surface area is 149 Å². The predicted molar refractivity (Wildman–Crippen MR) is 95.9 cm³/mol. The number of methoxy groups -OCH3 is 1. The number of nitrogens with one attached hydrogen (secondary N) is 1. The van der Waals surface area contributed by atoms with E-state index >= 15 is 0 Å². The quantitative estimate of drug-likeness (QED) is 0.835. The van der Waals surface area contributed by atoms with E-state index in [-0.39, 0.29) is 23.8 Å². The Morgan fingerprint density at radius 2 is 1.80 bits per heavy atom. The monoisotopic (exact) mass is 344 g/mol. The second-order valence-corrected chi connectivity index (χ2v) is 7.06. The number of nitrogens with zero attached hydrogens (tertiary/aromatic N) is 1. The molecule has 2 aliphatic rings. The maximum Gasteiger partial charge on any atom is 0.310 e. The van der Waals surface area contributed by atoms with Gasteiger partial charge in [0.2, 0.25) is 5.91 Å². The van der Waals surface area contributed by atoms with Gasteiger partial charge in [-0.05, 0) is 37.7 Å². The van der Waals surface area contributed by atoms with Gasteiger partial charge in [-0.15, -0.1) is 0 Å². The van der Waals surface area contributed by atoms with Crippen LogP contribution in [-0.2, 0) is 14.3 Å². The lowest BCUT2D eigenvalue weighted by Gasteiger charge is -2.33. The van der Waals surface area contributed by atoms with Crippen LogP contribution in [0.4, 0.5) is 0 Å². The van der Waals surface area contributed by atoms with E-state index in [1.165, 1.54) is 13.5 Å². The van der Waals surface area contributed by atoms with E-state index in [0.717, 1.165) is 50.8 Å². The number of carbonyl (C=O) groups is 2. The van der Waals surface area contributed by atoms with Gasteiger partial charge in [-0.25, -0.2) is 0 Å². The smallest absolute Gasteiger partial charge is 0.310 e. The Morgan fingerprint density at radius 1 is 1.08 bits per heavy atom. The van der Waals surface area contributed by atoms with E-state index in [0.29, 0.717) is 0 Å². The first kappa shape index (κ1) is 17.9. The number of piperidine rings is 1. The van der Waals surface area contributed by atoms with Gasteiger partial charge < -0.3 is 9.64 Å². The average Bonchev–Trinajstić information content (AvgIpc) is 3.14. The fourth-order valence-electron chi connectivity index (χ4n) is 4.06. The zero-order chi connectivity index (χ0) is 17.6. The van der Waals surface area contributed by atoms with Gasteiger partial charge in [-0.3, -0.25) is 14.9 Å². The molecule has 1 N–H and O–H groups in total. The first-order valence-corrected chi connectivity index (χ1v) is 9.38. The van der Waals surface area contributed by atoms with Crippen molar-refractivity contribution in [2.75, 3.05) is 20.2 Å². The third kappa shape index (κ3) is 4.21. The maximum absolute atomic E-state index is 13.2. The first-order valence-electron chi connectivity index (χ1n) is 9.38. The highest BCUT2D eigenvalue weighted by Crippen LogP contribution is 2.30. The molecule has 2 fully saturated rings. The minimum Gasteiger partial charge on any atom is -0.469 e. The first-order chi connectivity index (χ1) is 12.2. The predicted octanol–water partition coefficient (Wildman–Crippen LogP) is 2.67. The van der Waals surface area contributed by atoms with Crippen LogP contribution in [0.25, 0.3) is 0 Å². The maximum atomic E-state index is 13.2. The molecule has 3 atom stereocenters. The standard InChI is InChI=1S/C20H28N2O3/c1-25-20(24)16-11-8-12-17(16)21-18(15-9-4-2-5-10-15)19(23)22-13-6-3-7-14-22/h2,4-5,9-10,16-18,21H,3,6-8,11-14H2,1H3/t16-,17+,18+/m1/s1. The highest BCUT2D eigenvalue weighted by molar-refractivity contribution is 5.83. The fourth-order valence-corrected chi connectivity index (χ4v) is 4.06. The lowest BCUT2D eigenvalue weighted by atomic mass is 9.98. The molecule has 1 amide bonds. The van der Waals surface area contributed by atoms with Crippen molar-refractivity contribution in [3.8, 4) is 0 Å². The summed E-state index contributed by atoms with van der Waals surface area (Å²) in [6, 6.07) is 9.45. The topological polar surface area (TPSA) is 58.6 Å². The van der Waals surface area contributed by atoms with Crippen molar-refractivity contribution in [1.29, 1.82) is 0 Å². The van der Waals surface area contributed by atoms with E-state index in [9.17, 15) is 9.59 Å². The summed E-state index contributed by atoms with van der Waals surface area (Å²) in [5, 5.41) is 3.50. The van der Waals surface area contributed by atoms with Crippen LogP contribution in [0, 0.1) is 5.92 Å². The largest absolute Gasteiger partial charge is 0.469 e. The Bertz CT molecular complexity index is 584. The molecule has 0 aromatic heterocycles. The normalized spacial score (nSPS) is 24.8. The molecule has 1 aliphatic heterocycles. The summed E-state index contributed by atoms with van der Waals surface area (Å²) in [6.07, 6.45) is 6.04. The van der Waals surface area contributed by atoms with Crippen LogP contribution < -0.4 is 5.32 Å². The summed E-state index contributed by atoms with van der Waals surface area (Å²) in [6.45, 7) is 1.66. The summed E-state index contributed by atoms with van der Waals surface area (Å²) < 4.78 is 4.95. The molecule has 1 aromatic carbocycles. The van der Waals surface area contributed by atoms with E-state index in [4.69, 9.17) is 4.74 Å². The van der Waals surface area contributed by atoms with Gasteiger partial charge >= 0.3 is 5.97 Å². The van der Waals surface area contributed by atoms with Crippen molar-refractivity contribution in [3.05, 3.63) is 35.9 Å². The second kappa shape index (κ2) is 8.48. The number of esters is 1. The van der Waals surface area contributed by atoms with E-state index in [1.54, 1.807) is 0 Å². The van der Waals surface area contributed by atoms with Gasteiger partial charge in [0, 0.05) is 19.1 Å². The Hall–Kier alpha value is -1.88. The summed E-state index contributed by atoms with van der Waals surface area (Å²) in [7, 11) is 1.44. The molecule has 3 rings (SSSR count). The van der Waals surface area contributed by atoms with Gasteiger partial charge in [0.15, 0.2) is 0 Å². The van der Waals surface area contributed by atoms with Crippen molar-refractivity contribution in [3.63, 3.8) is 0 Å². The molecule has 5 nitrogen and oxygen atoms in total. The molecular weight excluding hydrogens is 316 g/mol. The number of ether oxygens (including phenoxy) is 1. The van der Waals surface area contributed by atoms with E-state index in [2.05, 4.69) is 5.32 Å². The summed E-state index contributed by atoms with van der Waals surface area (Å²) in [4.78, 5) is 27.2. The molecule has 1 aliphatic carbocycles. The fraction of sp³-hybridized carbons (Fsp3) is 0.600. The number of hydrogen-bond acceptors (Lipinski definition) is 4. The number of rotatable bonds is 5. The lowest BCUT2D eigenvalue weighted by molar-refractivity contribution is -0.146. The molecule has 1 saturated heterocycles. The molecule has 1 aromatic rings. The summed E-state index contributed by atoms with van der Waals surface area (Å²) >= 11 is 0. The molecule has 0 bridgehead atoms. The van der Waals surface area contributed by atoms with Gasteiger partial charge in [-0.1, -0.05) is 36.8 Å². The Morgan fingerprint density at radius 3 is 2.48 bits per heavy atom. The van der Waals surface area contributed by atoms with E-state index in [1.807, 2.05) is 35.2 Å². The molecule has 5 heteroatoms. The minimum absolute atomic E-state index is 0.00797. The summed E-state index contributed by atoms with van der Waals surface area (Å²) in [5.41, 5.74) is 0.966. The van der Waals surface area contributed by atoms with Crippen LogP contribution in [0.15, 0.2) is 30.3 Å². The molecule has 25 heavy (non-hydrogen) atoms. The molecule has 1 heterocycles. The van der Waals surface area contributed by atoms with Crippen LogP contribution in [0.5, 0.6) is 0 Å². The third-order valence-electron chi connectivity index (χ3n) is 5.45. The highest BCUT2D eigenvalue weighted by atomic mass is 16.5. The van der Waals surface area contributed by atoms with Crippen molar-refractivity contribution < 1.29 is 14.3 Å². The van der Waals surface area contributed by atoms with Crippen LogP contribution in [0.1, 0.15) is 50.1 Å². The lowest BCUT2D eigenvalue weighted by Crippen LogP contribution is -2.47. The van der Waals surface area contributed by atoms with Crippen molar-refractivity contribution in [2.24, 2.45) is 5.92 Å². The molecule has 0 unspecified atom stereocenters. The molecule has 0 spiro atoms. The molecular formula is C20H28N2O3. The minimum atomic E-state index is -0.394.